The van der Waals surface area contributed by atoms with E-state index in [1.807, 2.05) is 0 Å². The number of oxazole rings is 1. The van der Waals surface area contributed by atoms with E-state index < -0.39 is 11.9 Å². The van der Waals surface area contributed by atoms with E-state index in [-0.39, 0.29) is 12.5 Å². The van der Waals surface area contributed by atoms with Crippen molar-refractivity contribution in [2.45, 2.75) is 12.8 Å². The topological polar surface area (TPSA) is 59.2 Å². The first-order valence-corrected chi connectivity index (χ1v) is 4.59. The van der Waals surface area contributed by atoms with Gasteiger partial charge in [-0.25, -0.2) is 4.98 Å². The van der Waals surface area contributed by atoms with Crippen molar-refractivity contribution >= 4 is 0 Å². The lowest BCUT2D eigenvalue weighted by Crippen LogP contribution is -2.07. The number of aliphatic hydroxyl groups is 1. The lowest BCUT2D eigenvalue weighted by molar-refractivity contribution is -0.141. The standard InChI is InChI=1S/C10H7F3N2O2/c11-10(12,13)8-2-1-6(3-14-8)9-15-7(4-16)5-17-9/h1-3,5,16H,4H2. The van der Waals surface area contributed by atoms with Gasteiger partial charge in [0.1, 0.15) is 17.7 Å². The molecule has 0 aliphatic rings. The Morgan fingerprint density at radius 1 is 1.29 bits per heavy atom. The van der Waals surface area contributed by atoms with Crippen LogP contribution in [0.2, 0.25) is 0 Å². The molecule has 0 fully saturated rings. The number of aromatic nitrogens is 2. The zero-order valence-corrected chi connectivity index (χ0v) is 8.40. The Bertz CT molecular complexity index is 505. The minimum absolute atomic E-state index is 0.121. The lowest BCUT2D eigenvalue weighted by Gasteiger charge is -2.04. The number of hydrogen-bond donors (Lipinski definition) is 1. The van der Waals surface area contributed by atoms with Gasteiger partial charge in [0.05, 0.1) is 12.2 Å². The summed E-state index contributed by atoms with van der Waals surface area (Å²) in [5.41, 5.74) is -0.354. The highest BCUT2D eigenvalue weighted by Crippen LogP contribution is 2.28. The monoisotopic (exact) mass is 244 g/mol. The molecule has 0 spiro atoms. The maximum atomic E-state index is 12.2. The Morgan fingerprint density at radius 2 is 2.06 bits per heavy atom. The van der Waals surface area contributed by atoms with Gasteiger partial charge in [0.15, 0.2) is 0 Å². The van der Waals surface area contributed by atoms with Crippen LogP contribution in [0, 0.1) is 0 Å². The molecule has 17 heavy (non-hydrogen) atoms. The number of nitrogens with zero attached hydrogens (tertiary/aromatic N) is 2. The molecule has 90 valence electrons. The average molecular weight is 244 g/mol. The van der Waals surface area contributed by atoms with Gasteiger partial charge in [-0.3, -0.25) is 4.98 Å². The molecule has 2 rings (SSSR count). The molecule has 7 heteroatoms. The number of pyridine rings is 1. The third-order valence-electron chi connectivity index (χ3n) is 2.01. The van der Waals surface area contributed by atoms with Crippen LogP contribution in [0.1, 0.15) is 11.4 Å². The van der Waals surface area contributed by atoms with Crippen LogP contribution in [-0.2, 0) is 12.8 Å². The fourth-order valence-corrected chi connectivity index (χ4v) is 1.20. The van der Waals surface area contributed by atoms with Crippen LogP contribution < -0.4 is 0 Å². The Morgan fingerprint density at radius 3 is 2.53 bits per heavy atom. The minimum Gasteiger partial charge on any atom is -0.444 e. The molecule has 0 aliphatic heterocycles. The summed E-state index contributed by atoms with van der Waals surface area (Å²) in [5.74, 6) is 0.121. The molecule has 0 unspecified atom stereocenters. The minimum atomic E-state index is -4.47. The molecule has 0 amide bonds. The summed E-state index contributed by atoms with van der Waals surface area (Å²) in [6.07, 6.45) is -2.21. The zero-order chi connectivity index (χ0) is 12.5. The van der Waals surface area contributed by atoms with E-state index in [0.717, 1.165) is 12.3 Å². The van der Waals surface area contributed by atoms with Crippen LogP contribution in [0.15, 0.2) is 29.0 Å². The molecule has 0 bridgehead atoms. The van der Waals surface area contributed by atoms with E-state index in [1.165, 1.54) is 12.3 Å². The van der Waals surface area contributed by atoms with E-state index in [9.17, 15) is 13.2 Å². The van der Waals surface area contributed by atoms with Gasteiger partial charge in [-0.1, -0.05) is 0 Å². The summed E-state index contributed by atoms with van der Waals surface area (Å²) < 4.78 is 41.7. The summed E-state index contributed by atoms with van der Waals surface area (Å²) in [4.78, 5) is 7.13. The molecule has 0 atom stereocenters. The van der Waals surface area contributed by atoms with E-state index in [4.69, 9.17) is 9.52 Å². The van der Waals surface area contributed by atoms with Crippen molar-refractivity contribution in [1.29, 1.82) is 0 Å². The van der Waals surface area contributed by atoms with Crippen molar-refractivity contribution < 1.29 is 22.7 Å². The molecule has 4 nitrogen and oxygen atoms in total. The van der Waals surface area contributed by atoms with Crippen molar-refractivity contribution in [1.82, 2.24) is 9.97 Å². The zero-order valence-electron chi connectivity index (χ0n) is 8.40. The first-order valence-electron chi connectivity index (χ1n) is 4.59. The van der Waals surface area contributed by atoms with Gasteiger partial charge in [-0.15, -0.1) is 0 Å². The lowest BCUT2D eigenvalue weighted by atomic mass is 10.2. The fraction of sp³-hybridized carbons (Fsp3) is 0.200. The normalized spacial score (nSPS) is 11.8. The first-order chi connectivity index (χ1) is 8.00. The Labute approximate surface area is 93.7 Å². The molecule has 0 saturated heterocycles. The predicted molar refractivity (Wildman–Crippen MR) is 50.7 cm³/mol. The van der Waals surface area contributed by atoms with Crippen molar-refractivity contribution in [3.63, 3.8) is 0 Å². The van der Waals surface area contributed by atoms with E-state index in [1.54, 1.807) is 0 Å². The van der Waals surface area contributed by atoms with Crippen LogP contribution in [0.4, 0.5) is 13.2 Å². The van der Waals surface area contributed by atoms with Crippen molar-refractivity contribution in [2.24, 2.45) is 0 Å². The number of halogens is 3. The van der Waals surface area contributed by atoms with Crippen molar-refractivity contribution in [2.75, 3.05) is 0 Å². The summed E-state index contributed by atoms with van der Waals surface area (Å²) in [7, 11) is 0. The third-order valence-corrected chi connectivity index (χ3v) is 2.01. The van der Waals surface area contributed by atoms with Gasteiger partial charge >= 0.3 is 6.18 Å². The Balaban J connectivity index is 2.29. The van der Waals surface area contributed by atoms with Crippen molar-refractivity contribution in [3.05, 3.63) is 36.0 Å². The summed E-state index contributed by atoms with van der Waals surface area (Å²) in [6, 6.07) is 2.06. The highest BCUT2D eigenvalue weighted by Gasteiger charge is 2.32. The van der Waals surface area contributed by atoms with Crippen LogP contribution >= 0.6 is 0 Å². The molecular weight excluding hydrogens is 237 g/mol. The number of alkyl halides is 3. The summed E-state index contributed by atoms with van der Waals surface area (Å²) in [5, 5.41) is 8.76. The third kappa shape index (κ3) is 2.44. The molecule has 2 heterocycles. The molecule has 2 aromatic rings. The second-order valence-corrected chi connectivity index (χ2v) is 3.23. The smallest absolute Gasteiger partial charge is 0.433 e. The Kier molecular flexibility index (Phi) is 2.84. The summed E-state index contributed by atoms with van der Waals surface area (Å²) >= 11 is 0. The highest BCUT2D eigenvalue weighted by molar-refractivity contribution is 5.51. The number of rotatable bonds is 2. The van der Waals surface area contributed by atoms with E-state index in [2.05, 4.69) is 9.97 Å². The fourth-order valence-electron chi connectivity index (χ4n) is 1.20. The molecule has 0 aromatic carbocycles. The van der Waals surface area contributed by atoms with Crippen molar-refractivity contribution in [3.8, 4) is 11.5 Å². The highest BCUT2D eigenvalue weighted by atomic mass is 19.4. The number of hydrogen-bond acceptors (Lipinski definition) is 4. The molecule has 0 aliphatic carbocycles. The predicted octanol–water partition coefficient (Wildman–Crippen LogP) is 2.25. The van der Waals surface area contributed by atoms with Gasteiger partial charge in [-0.2, -0.15) is 13.2 Å². The molecule has 2 aromatic heterocycles. The maximum absolute atomic E-state index is 12.2. The number of aliphatic hydroxyl groups excluding tert-OH is 1. The average Bonchev–Trinajstić information content (AvgIpc) is 2.76. The molecule has 1 N–H and O–H groups in total. The summed E-state index contributed by atoms with van der Waals surface area (Å²) in [6.45, 7) is -0.294. The van der Waals surface area contributed by atoms with Gasteiger partial charge in [0, 0.05) is 6.20 Å². The first kappa shape index (κ1) is 11.6. The SMILES string of the molecule is OCc1coc(-c2ccc(C(F)(F)F)nc2)n1. The van der Waals surface area contributed by atoms with Gasteiger partial charge in [-0.05, 0) is 12.1 Å². The Hall–Kier alpha value is -1.89. The second-order valence-electron chi connectivity index (χ2n) is 3.23. The van der Waals surface area contributed by atoms with E-state index in [0.29, 0.717) is 11.3 Å². The molecular formula is C10H7F3N2O2. The van der Waals surface area contributed by atoms with Crippen LogP contribution in [0.25, 0.3) is 11.5 Å². The van der Waals surface area contributed by atoms with Gasteiger partial charge in [0.25, 0.3) is 0 Å². The van der Waals surface area contributed by atoms with Crippen LogP contribution in [0.3, 0.4) is 0 Å². The quantitative estimate of drug-likeness (QED) is 0.880. The van der Waals surface area contributed by atoms with Crippen LogP contribution in [-0.4, -0.2) is 15.1 Å². The molecule has 0 saturated carbocycles. The van der Waals surface area contributed by atoms with Gasteiger partial charge < -0.3 is 9.52 Å². The molecule has 0 radical (unpaired) electrons. The maximum Gasteiger partial charge on any atom is 0.433 e. The van der Waals surface area contributed by atoms with Gasteiger partial charge in [0.2, 0.25) is 5.89 Å². The largest absolute Gasteiger partial charge is 0.444 e. The van der Waals surface area contributed by atoms with Crippen LogP contribution in [0.5, 0.6) is 0 Å². The van der Waals surface area contributed by atoms with E-state index >= 15 is 0 Å². The second kappa shape index (κ2) is 4.17.